The smallest absolute Gasteiger partial charge is 0.242 e. The summed E-state index contributed by atoms with van der Waals surface area (Å²) in [4.78, 5) is 22.7. The van der Waals surface area contributed by atoms with E-state index in [-0.39, 0.29) is 5.91 Å². The molecule has 1 unspecified atom stereocenters. The van der Waals surface area contributed by atoms with Crippen LogP contribution >= 0.6 is 0 Å². The van der Waals surface area contributed by atoms with Gasteiger partial charge in [-0.05, 0) is 52.1 Å². The third-order valence-electron chi connectivity index (χ3n) is 3.25. The molecule has 1 heterocycles. The highest BCUT2D eigenvalue weighted by Crippen LogP contribution is 2.16. The van der Waals surface area contributed by atoms with Gasteiger partial charge in [0.15, 0.2) is 0 Å². The number of rotatable bonds is 5. The van der Waals surface area contributed by atoms with E-state index in [2.05, 4.69) is 10.6 Å². The van der Waals surface area contributed by atoms with Gasteiger partial charge < -0.3 is 16.4 Å². The maximum atomic E-state index is 11.7. The maximum Gasteiger partial charge on any atom is 0.242 e. The highest BCUT2D eigenvalue weighted by molar-refractivity contribution is 5.89. The lowest BCUT2D eigenvalue weighted by molar-refractivity contribution is -0.130. The summed E-state index contributed by atoms with van der Waals surface area (Å²) in [6, 6.07) is 0. The number of hydrogen-bond acceptors (Lipinski definition) is 3. The minimum atomic E-state index is -0.956. The second-order valence-electron chi connectivity index (χ2n) is 5.29. The lowest BCUT2D eigenvalue weighted by Crippen LogP contribution is -2.53. The number of primary amides is 1. The molecule has 1 aliphatic heterocycles. The second kappa shape index (κ2) is 6.00. The van der Waals surface area contributed by atoms with Gasteiger partial charge in [0.2, 0.25) is 11.8 Å². The van der Waals surface area contributed by atoms with Gasteiger partial charge in [0, 0.05) is 6.42 Å². The molecule has 1 rings (SSSR count). The Balaban J connectivity index is 2.27. The monoisotopic (exact) mass is 241 g/mol. The lowest BCUT2D eigenvalue weighted by Gasteiger charge is -2.25. The summed E-state index contributed by atoms with van der Waals surface area (Å²) in [5.41, 5.74) is 4.24. The van der Waals surface area contributed by atoms with Crippen LogP contribution in [0.1, 0.15) is 39.5 Å². The van der Waals surface area contributed by atoms with E-state index in [1.807, 2.05) is 0 Å². The molecule has 1 fully saturated rings. The molecule has 0 aromatic heterocycles. The highest BCUT2D eigenvalue weighted by Gasteiger charge is 2.26. The Labute approximate surface area is 103 Å². The molecule has 1 atom stereocenters. The molecule has 2 amide bonds. The summed E-state index contributed by atoms with van der Waals surface area (Å²) in [6.45, 7) is 5.31. The van der Waals surface area contributed by atoms with E-state index in [0.29, 0.717) is 12.3 Å². The van der Waals surface area contributed by atoms with Crippen molar-refractivity contribution < 1.29 is 9.59 Å². The Morgan fingerprint density at radius 2 is 2.18 bits per heavy atom. The Hall–Kier alpha value is -1.10. The Kier molecular flexibility index (Phi) is 4.93. The standard InChI is InChI=1S/C12H23N3O2/c1-12(2,11(13)17)15-10(16)6-5-9-4-3-7-14-8-9/h9,14H,3-8H2,1-2H3,(H2,13,17)(H,15,16). The van der Waals surface area contributed by atoms with Crippen LogP contribution in [0.5, 0.6) is 0 Å². The number of piperidine rings is 1. The number of carbonyl (C=O) groups is 2. The number of hydrogen-bond donors (Lipinski definition) is 3. The Bertz CT molecular complexity index is 283. The third-order valence-corrected chi connectivity index (χ3v) is 3.25. The molecule has 0 bridgehead atoms. The summed E-state index contributed by atoms with van der Waals surface area (Å²) in [6.07, 6.45) is 3.69. The first-order valence-electron chi connectivity index (χ1n) is 6.23. The molecule has 0 radical (unpaired) electrons. The third kappa shape index (κ3) is 4.73. The molecule has 17 heavy (non-hydrogen) atoms. The molecule has 4 N–H and O–H groups in total. The van der Waals surface area contributed by atoms with Crippen molar-refractivity contribution in [3.05, 3.63) is 0 Å². The minimum Gasteiger partial charge on any atom is -0.368 e. The molecule has 1 aliphatic rings. The van der Waals surface area contributed by atoms with Crippen LogP contribution in [-0.4, -0.2) is 30.4 Å². The van der Waals surface area contributed by atoms with Crippen molar-refractivity contribution in [2.45, 2.75) is 45.1 Å². The predicted molar refractivity (Wildman–Crippen MR) is 66.2 cm³/mol. The summed E-state index contributed by atoms with van der Waals surface area (Å²) >= 11 is 0. The van der Waals surface area contributed by atoms with Crippen LogP contribution in [0.25, 0.3) is 0 Å². The fourth-order valence-corrected chi connectivity index (χ4v) is 1.98. The van der Waals surface area contributed by atoms with Crippen LogP contribution < -0.4 is 16.4 Å². The van der Waals surface area contributed by atoms with Gasteiger partial charge in [-0.1, -0.05) is 0 Å². The van der Waals surface area contributed by atoms with Crippen LogP contribution in [0.2, 0.25) is 0 Å². The molecule has 98 valence electrons. The van der Waals surface area contributed by atoms with E-state index in [9.17, 15) is 9.59 Å². The van der Waals surface area contributed by atoms with Crippen LogP contribution in [-0.2, 0) is 9.59 Å². The van der Waals surface area contributed by atoms with Crippen LogP contribution in [0.4, 0.5) is 0 Å². The number of carbonyl (C=O) groups excluding carboxylic acids is 2. The van der Waals surface area contributed by atoms with Crippen LogP contribution in [0.15, 0.2) is 0 Å². The number of amides is 2. The molecule has 0 aliphatic carbocycles. The van der Waals surface area contributed by atoms with Crippen molar-refractivity contribution in [1.29, 1.82) is 0 Å². The molecule has 0 spiro atoms. The first-order chi connectivity index (χ1) is 7.92. The Morgan fingerprint density at radius 1 is 1.47 bits per heavy atom. The zero-order chi connectivity index (χ0) is 12.9. The van der Waals surface area contributed by atoms with Crippen LogP contribution in [0.3, 0.4) is 0 Å². The van der Waals surface area contributed by atoms with Gasteiger partial charge in [-0.15, -0.1) is 0 Å². The van der Waals surface area contributed by atoms with Crippen molar-refractivity contribution >= 4 is 11.8 Å². The highest BCUT2D eigenvalue weighted by atomic mass is 16.2. The van der Waals surface area contributed by atoms with Gasteiger partial charge >= 0.3 is 0 Å². The molecular formula is C12H23N3O2. The maximum absolute atomic E-state index is 11.7. The molecule has 5 nitrogen and oxygen atoms in total. The largest absolute Gasteiger partial charge is 0.368 e. The molecule has 1 saturated heterocycles. The molecular weight excluding hydrogens is 218 g/mol. The zero-order valence-corrected chi connectivity index (χ0v) is 10.7. The minimum absolute atomic E-state index is 0.0978. The van der Waals surface area contributed by atoms with E-state index < -0.39 is 11.4 Å². The average Bonchev–Trinajstić information content (AvgIpc) is 2.27. The van der Waals surface area contributed by atoms with Crippen molar-refractivity contribution in [3.8, 4) is 0 Å². The van der Waals surface area contributed by atoms with E-state index in [4.69, 9.17) is 5.73 Å². The normalized spacial score (nSPS) is 20.9. The molecule has 5 heteroatoms. The first kappa shape index (κ1) is 14.0. The van der Waals surface area contributed by atoms with Gasteiger partial charge in [-0.3, -0.25) is 9.59 Å². The summed E-state index contributed by atoms with van der Waals surface area (Å²) in [7, 11) is 0. The topological polar surface area (TPSA) is 84.2 Å². The van der Waals surface area contributed by atoms with Gasteiger partial charge in [-0.2, -0.15) is 0 Å². The lowest BCUT2D eigenvalue weighted by atomic mass is 9.94. The van der Waals surface area contributed by atoms with Crippen molar-refractivity contribution in [3.63, 3.8) is 0 Å². The number of nitrogens with one attached hydrogen (secondary N) is 2. The van der Waals surface area contributed by atoms with E-state index in [1.165, 1.54) is 12.8 Å². The van der Waals surface area contributed by atoms with E-state index in [0.717, 1.165) is 19.5 Å². The summed E-state index contributed by atoms with van der Waals surface area (Å²) < 4.78 is 0. The van der Waals surface area contributed by atoms with Gasteiger partial charge in [0.25, 0.3) is 0 Å². The average molecular weight is 241 g/mol. The summed E-state index contributed by atoms with van der Waals surface area (Å²) in [5.74, 6) is -0.0317. The van der Waals surface area contributed by atoms with Crippen LogP contribution in [0, 0.1) is 5.92 Å². The molecule has 0 saturated carbocycles. The Morgan fingerprint density at radius 3 is 2.71 bits per heavy atom. The van der Waals surface area contributed by atoms with Gasteiger partial charge in [-0.25, -0.2) is 0 Å². The fraction of sp³-hybridized carbons (Fsp3) is 0.833. The summed E-state index contributed by atoms with van der Waals surface area (Å²) in [5, 5.41) is 5.98. The van der Waals surface area contributed by atoms with Crippen molar-refractivity contribution in [2.75, 3.05) is 13.1 Å². The van der Waals surface area contributed by atoms with E-state index >= 15 is 0 Å². The fourth-order valence-electron chi connectivity index (χ4n) is 1.98. The van der Waals surface area contributed by atoms with Gasteiger partial charge in [0.1, 0.15) is 5.54 Å². The quantitative estimate of drug-likeness (QED) is 0.640. The second-order valence-corrected chi connectivity index (χ2v) is 5.29. The van der Waals surface area contributed by atoms with Crippen molar-refractivity contribution in [2.24, 2.45) is 11.7 Å². The number of nitrogens with two attached hydrogens (primary N) is 1. The predicted octanol–water partition coefficient (Wildman–Crippen LogP) is 0.146. The SMILES string of the molecule is CC(C)(NC(=O)CCC1CCCNC1)C(N)=O. The zero-order valence-electron chi connectivity index (χ0n) is 10.7. The van der Waals surface area contributed by atoms with Gasteiger partial charge in [0.05, 0.1) is 0 Å². The first-order valence-corrected chi connectivity index (χ1v) is 6.23. The molecule has 0 aromatic carbocycles. The molecule has 0 aromatic rings. The van der Waals surface area contributed by atoms with E-state index in [1.54, 1.807) is 13.8 Å². The van der Waals surface area contributed by atoms with Crippen molar-refractivity contribution in [1.82, 2.24) is 10.6 Å².